The molecule has 0 aliphatic rings. The molecular weight excluding hydrogens is 458 g/mol. The number of anilines is 2. The molecule has 1 heterocycles. The van der Waals surface area contributed by atoms with E-state index in [2.05, 4.69) is 10.5 Å². The van der Waals surface area contributed by atoms with E-state index in [1.54, 1.807) is 19.9 Å². The Morgan fingerprint density at radius 1 is 1.00 bits per heavy atom. The third kappa shape index (κ3) is 5.72. The van der Waals surface area contributed by atoms with E-state index in [0.717, 1.165) is 27.8 Å². The van der Waals surface area contributed by atoms with Gasteiger partial charge in [0.05, 0.1) is 0 Å². The number of amides is 1. The molecule has 36 heavy (non-hydrogen) atoms. The first-order chi connectivity index (χ1) is 17.3. The van der Waals surface area contributed by atoms with E-state index in [4.69, 9.17) is 20.1 Å². The number of nitrogens with two attached hydrogens (primary N) is 1. The minimum Gasteiger partial charge on any atom is -0.481 e. The molecule has 184 valence electrons. The van der Waals surface area contributed by atoms with Gasteiger partial charge in [-0.25, -0.2) is 4.79 Å². The topological polar surface area (TPSA) is 128 Å². The van der Waals surface area contributed by atoms with E-state index < -0.39 is 18.2 Å². The molecule has 0 saturated carbocycles. The van der Waals surface area contributed by atoms with Crippen LogP contribution in [-0.4, -0.2) is 22.3 Å². The van der Waals surface area contributed by atoms with Gasteiger partial charge in [-0.15, -0.1) is 0 Å². The standard InChI is InChI=1S/C28H27N3O5/c1-17-26(30-28(34)35-18(2)23-5-3-4-6-24(23)29)27(36-31-17)22-14-12-21(13-15-22)20-10-7-19(8-11-20)9-16-25(32)33/h3-8,10-15,18H,9,16,29H2,1-2H3,(H,30,34)(H,32,33). The molecule has 1 amide bonds. The van der Waals surface area contributed by atoms with Crippen LogP contribution in [0.3, 0.4) is 0 Å². The number of ether oxygens (including phenoxy) is 1. The first-order valence-corrected chi connectivity index (χ1v) is 11.5. The summed E-state index contributed by atoms with van der Waals surface area (Å²) in [6.45, 7) is 3.49. The number of carboxylic acids is 1. The van der Waals surface area contributed by atoms with Gasteiger partial charge >= 0.3 is 12.1 Å². The number of aromatic nitrogens is 1. The smallest absolute Gasteiger partial charge is 0.412 e. The average Bonchev–Trinajstić information content (AvgIpc) is 3.23. The first-order valence-electron chi connectivity index (χ1n) is 11.5. The molecule has 4 rings (SSSR count). The number of carbonyl (C=O) groups excluding carboxylic acids is 1. The highest BCUT2D eigenvalue weighted by molar-refractivity contribution is 5.91. The van der Waals surface area contributed by atoms with Crippen LogP contribution >= 0.6 is 0 Å². The summed E-state index contributed by atoms with van der Waals surface area (Å²) in [4.78, 5) is 23.4. The van der Waals surface area contributed by atoms with Crippen LogP contribution in [0.4, 0.5) is 16.2 Å². The summed E-state index contributed by atoms with van der Waals surface area (Å²) in [5.41, 5.74) is 11.9. The molecule has 1 atom stereocenters. The van der Waals surface area contributed by atoms with Crippen LogP contribution in [-0.2, 0) is 16.0 Å². The van der Waals surface area contributed by atoms with Crippen molar-refractivity contribution in [2.24, 2.45) is 0 Å². The predicted octanol–water partition coefficient (Wildman–Crippen LogP) is 6.23. The summed E-state index contributed by atoms with van der Waals surface area (Å²) in [5.74, 6) is -0.387. The van der Waals surface area contributed by atoms with Gasteiger partial charge < -0.3 is 20.1 Å². The fourth-order valence-electron chi connectivity index (χ4n) is 3.88. The molecule has 1 unspecified atom stereocenters. The molecule has 8 heteroatoms. The molecule has 3 aromatic carbocycles. The lowest BCUT2D eigenvalue weighted by molar-refractivity contribution is -0.136. The molecular formula is C28H27N3O5. The molecule has 0 aliphatic carbocycles. The number of nitrogens with one attached hydrogen (secondary N) is 1. The zero-order chi connectivity index (χ0) is 25.7. The fourth-order valence-corrected chi connectivity index (χ4v) is 3.88. The van der Waals surface area contributed by atoms with Gasteiger partial charge in [0.15, 0.2) is 5.76 Å². The summed E-state index contributed by atoms with van der Waals surface area (Å²) in [6.07, 6.45) is -0.578. The van der Waals surface area contributed by atoms with E-state index in [-0.39, 0.29) is 6.42 Å². The molecule has 0 spiro atoms. The Bertz CT molecular complexity index is 1360. The van der Waals surface area contributed by atoms with Crippen molar-refractivity contribution in [1.82, 2.24) is 5.16 Å². The van der Waals surface area contributed by atoms with E-state index >= 15 is 0 Å². The zero-order valence-corrected chi connectivity index (χ0v) is 20.0. The number of nitrogens with zero attached hydrogens (tertiary/aromatic N) is 1. The van der Waals surface area contributed by atoms with Gasteiger partial charge in [-0.2, -0.15) is 0 Å². The number of hydrogen-bond acceptors (Lipinski definition) is 6. The van der Waals surface area contributed by atoms with Gasteiger partial charge in [0.2, 0.25) is 0 Å². The second-order valence-electron chi connectivity index (χ2n) is 8.44. The Balaban J connectivity index is 1.46. The number of carboxylic acid groups (broad SMARTS) is 1. The highest BCUT2D eigenvalue weighted by Crippen LogP contribution is 2.33. The number of aliphatic carboxylic acids is 1. The maximum absolute atomic E-state index is 12.6. The van der Waals surface area contributed by atoms with E-state index in [0.29, 0.717) is 29.2 Å². The van der Waals surface area contributed by atoms with Gasteiger partial charge in [-0.1, -0.05) is 71.9 Å². The minimum atomic E-state index is -0.810. The Hall–Kier alpha value is -4.59. The first kappa shape index (κ1) is 24.5. The molecule has 0 fully saturated rings. The lowest BCUT2D eigenvalue weighted by Crippen LogP contribution is -2.17. The van der Waals surface area contributed by atoms with Crippen LogP contribution in [0.1, 0.15) is 36.3 Å². The van der Waals surface area contributed by atoms with Crippen LogP contribution in [0.15, 0.2) is 77.3 Å². The van der Waals surface area contributed by atoms with E-state index in [1.165, 1.54) is 0 Å². The van der Waals surface area contributed by atoms with Crippen molar-refractivity contribution in [3.05, 3.63) is 89.6 Å². The molecule has 4 N–H and O–H groups in total. The van der Waals surface area contributed by atoms with Crippen molar-refractivity contribution in [3.8, 4) is 22.5 Å². The van der Waals surface area contributed by atoms with Crippen LogP contribution in [0.25, 0.3) is 22.5 Å². The van der Waals surface area contributed by atoms with Crippen LogP contribution in [0.5, 0.6) is 0 Å². The highest BCUT2D eigenvalue weighted by atomic mass is 16.6. The number of nitrogen functional groups attached to an aromatic ring is 1. The number of rotatable bonds is 8. The monoisotopic (exact) mass is 485 g/mol. The summed E-state index contributed by atoms with van der Waals surface area (Å²) >= 11 is 0. The molecule has 0 aliphatic heterocycles. The van der Waals surface area contributed by atoms with E-state index in [9.17, 15) is 9.59 Å². The van der Waals surface area contributed by atoms with Gasteiger partial charge in [-0.3, -0.25) is 10.1 Å². The van der Waals surface area contributed by atoms with Crippen molar-refractivity contribution in [1.29, 1.82) is 0 Å². The quantitative estimate of drug-likeness (QED) is 0.253. The second-order valence-corrected chi connectivity index (χ2v) is 8.44. The normalized spacial score (nSPS) is 11.6. The van der Waals surface area contributed by atoms with Gasteiger partial charge in [-0.05, 0) is 43.0 Å². The second kappa shape index (κ2) is 10.8. The third-order valence-electron chi connectivity index (χ3n) is 5.87. The zero-order valence-electron chi connectivity index (χ0n) is 20.0. The van der Waals surface area contributed by atoms with Crippen molar-refractivity contribution < 1.29 is 24.0 Å². The lowest BCUT2D eigenvalue weighted by Gasteiger charge is -2.16. The van der Waals surface area contributed by atoms with E-state index in [1.807, 2.05) is 66.7 Å². The maximum Gasteiger partial charge on any atom is 0.412 e. The largest absolute Gasteiger partial charge is 0.481 e. The van der Waals surface area contributed by atoms with Gasteiger partial charge in [0.1, 0.15) is 17.5 Å². The Morgan fingerprint density at radius 2 is 1.61 bits per heavy atom. The summed E-state index contributed by atoms with van der Waals surface area (Å²) in [5, 5.41) is 15.6. The molecule has 8 nitrogen and oxygen atoms in total. The highest BCUT2D eigenvalue weighted by Gasteiger charge is 2.20. The fraction of sp³-hybridized carbons (Fsp3) is 0.179. The van der Waals surface area contributed by atoms with Crippen molar-refractivity contribution in [2.75, 3.05) is 11.1 Å². The minimum absolute atomic E-state index is 0.105. The molecule has 0 radical (unpaired) electrons. The Morgan fingerprint density at radius 3 is 2.25 bits per heavy atom. The molecule has 4 aromatic rings. The van der Waals surface area contributed by atoms with Crippen LogP contribution in [0, 0.1) is 6.92 Å². The number of carbonyl (C=O) groups is 2. The Kier molecular flexibility index (Phi) is 7.34. The van der Waals surface area contributed by atoms with Crippen molar-refractivity contribution in [2.45, 2.75) is 32.8 Å². The van der Waals surface area contributed by atoms with Gasteiger partial charge in [0.25, 0.3) is 0 Å². The van der Waals surface area contributed by atoms with Crippen molar-refractivity contribution in [3.63, 3.8) is 0 Å². The van der Waals surface area contributed by atoms with Crippen LogP contribution in [0.2, 0.25) is 0 Å². The third-order valence-corrected chi connectivity index (χ3v) is 5.87. The average molecular weight is 486 g/mol. The number of hydrogen-bond donors (Lipinski definition) is 3. The number of para-hydroxylation sites is 1. The summed E-state index contributed by atoms with van der Waals surface area (Å²) in [6, 6.07) is 22.7. The number of benzene rings is 3. The predicted molar refractivity (Wildman–Crippen MR) is 137 cm³/mol. The lowest BCUT2D eigenvalue weighted by atomic mass is 10.0. The molecule has 1 aromatic heterocycles. The van der Waals surface area contributed by atoms with Gasteiger partial charge in [0, 0.05) is 23.2 Å². The van der Waals surface area contributed by atoms with Crippen molar-refractivity contribution >= 4 is 23.4 Å². The summed E-state index contributed by atoms with van der Waals surface area (Å²) in [7, 11) is 0. The Labute approximate surface area is 208 Å². The SMILES string of the molecule is Cc1noc(-c2ccc(-c3ccc(CCC(=O)O)cc3)cc2)c1NC(=O)OC(C)c1ccccc1N. The number of aryl methyl sites for hydroxylation is 2. The molecule has 0 saturated heterocycles. The molecule has 0 bridgehead atoms. The van der Waals surface area contributed by atoms with Crippen LogP contribution < -0.4 is 11.1 Å². The maximum atomic E-state index is 12.6. The summed E-state index contributed by atoms with van der Waals surface area (Å²) < 4.78 is 11.0.